The van der Waals surface area contributed by atoms with Gasteiger partial charge in [-0.3, -0.25) is 0 Å². The molecule has 4 heteroatoms. The summed E-state index contributed by atoms with van der Waals surface area (Å²) in [5.41, 5.74) is -0.711. The molecule has 6 atom stereocenters. The lowest BCUT2D eigenvalue weighted by Gasteiger charge is -2.61. The van der Waals surface area contributed by atoms with Crippen LogP contribution in [0.3, 0.4) is 0 Å². The monoisotopic (exact) mass is 307 g/mol. The van der Waals surface area contributed by atoms with Gasteiger partial charge < -0.3 is 19.9 Å². The highest BCUT2D eigenvalue weighted by Crippen LogP contribution is 2.69. The molecule has 0 radical (unpaired) electrons. The molecule has 1 unspecified atom stereocenters. The summed E-state index contributed by atoms with van der Waals surface area (Å²) in [7, 11) is 1.68. The Balaban J connectivity index is 1.84. The molecule has 0 aromatic rings. The van der Waals surface area contributed by atoms with Crippen molar-refractivity contribution >= 4 is 0 Å². The number of rotatable bonds is 3. The van der Waals surface area contributed by atoms with Crippen LogP contribution in [-0.4, -0.2) is 43.3 Å². The summed E-state index contributed by atoms with van der Waals surface area (Å²) >= 11 is 0. The molecule has 1 saturated heterocycles. The van der Waals surface area contributed by atoms with Crippen molar-refractivity contribution in [2.75, 3.05) is 20.4 Å². The topological polar surface area (TPSA) is 50.7 Å². The number of hydrogen-bond donors (Lipinski definition) is 2. The van der Waals surface area contributed by atoms with E-state index in [-0.39, 0.29) is 16.9 Å². The van der Waals surface area contributed by atoms with Crippen molar-refractivity contribution in [3.05, 3.63) is 12.2 Å². The minimum absolute atomic E-state index is 0.0713. The van der Waals surface area contributed by atoms with E-state index in [9.17, 15) is 5.11 Å². The van der Waals surface area contributed by atoms with Gasteiger partial charge in [0.25, 0.3) is 0 Å². The number of hydrogen-bond acceptors (Lipinski definition) is 4. The molecule has 1 spiro atoms. The summed E-state index contributed by atoms with van der Waals surface area (Å²) in [6.45, 7) is 3.78. The van der Waals surface area contributed by atoms with Gasteiger partial charge in [-0.05, 0) is 44.4 Å². The van der Waals surface area contributed by atoms with Crippen LogP contribution in [0.15, 0.2) is 12.2 Å². The highest BCUT2D eigenvalue weighted by molar-refractivity contribution is 5.28. The van der Waals surface area contributed by atoms with Crippen LogP contribution in [0.25, 0.3) is 0 Å². The van der Waals surface area contributed by atoms with Gasteiger partial charge in [0, 0.05) is 30.5 Å². The third-order valence-corrected chi connectivity index (χ3v) is 7.51. The zero-order valence-corrected chi connectivity index (χ0v) is 13.8. The molecule has 22 heavy (non-hydrogen) atoms. The third kappa shape index (κ3) is 1.62. The Morgan fingerprint density at radius 3 is 3.00 bits per heavy atom. The Labute approximate surface area is 133 Å². The SMILES string of the molecule is COCOC1CC[C@H]2NC[C@H]3C=CC[C@@]4(O)CCC[C@@]14[C@]32C. The fourth-order valence-corrected chi connectivity index (χ4v) is 6.61. The predicted molar refractivity (Wildman–Crippen MR) is 84.4 cm³/mol. The summed E-state index contributed by atoms with van der Waals surface area (Å²) in [5.74, 6) is 0.499. The summed E-state index contributed by atoms with van der Waals surface area (Å²) < 4.78 is 11.4. The lowest BCUT2D eigenvalue weighted by molar-refractivity contribution is -0.243. The summed E-state index contributed by atoms with van der Waals surface area (Å²) in [4.78, 5) is 0. The van der Waals surface area contributed by atoms with E-state index in [1.54, 1.807) is 7.11 Å². The van der Waals surface area contributed by atoms with Crippen LogP contribution < -0.4 is 5.32 Å². The van der Waals surface area contributed by atoms with Gasteiger partial charge in [-0.1, -0.05) is 19.1 Å². The highest BCUT2D eigenvalue weighted by atomic mass is 16.7. The molecule has 4 aliphatic rings. The predicted octanol–water partition coefficient (Wildman–Crippen LogP) is 2.22. The van der Waals surface area contributed by atoms with Crippen LogP contribution in [-0.2, 0) is 9.47 Å². The number of aliphatic hydroxyl groups is 1. The molecule has 124 valence electrons. The Kier molecular flexibility index (Phi) is 3.46. The summed E-state index contributed by atoms with van der Waals surface area (Å²) in [6, 6.07) is 0.493. The van der Waals surface area contributed by atoms with Crippen molar-refractivity contribution < 1.29 is 14.6 Å². The average molecular weight is 307 g/mol. The van der Waals surface area contributed by atoms with E-state index < -0.39 is 5.60 Å². The van der Waals surface area contributed by atoms with Crippen molar-refractivity contribution in [1.29, 1.82) is 0 Å². The second-order valence-electron chi connectivity index (χ2n) is 7.98. The van der Waals surface area contributed by atoms with E-state index in [1.807, 2.05) is 0 Å². The van der Waals surface area contributed by atoms with E-state index in [1.165, 1.54) is 0 Å². The van der Waals surface area contributed by atoms with Crippen LogP contribution in [0.2, 0.25) is 0 Å². The van der Waals surface area contributed by atoms with E-state index in [0.717, 1.165) is 45.1 Å². The Hall–Kier alpha value is -0.420. The van der Waals surface area contributed by atoms with Crippen molar-refractivity contribution in [3.63, 3.8) is 0 Å². The molecule has 0 aromatic heterocycles. The smallest absolute Gasteiger partial charge is 0.146 e. The first-order valence-electron chi connectivity index (χ1n) is 8.81. The van der Waals surface area contributed by atoms with Gasteiger partial charge in [-0.2, -0.15) is 0 Å². The van der Waals surface area contributed by atoms with Gasteiger partial charge in [0.2, 0.25) is 0 Å². The van der Waals surface area contributed by atoms with Crippen LogP contribution in [0.4, 0.5) is 0 Å². The molecule has 2 saturated carbocycles. The van der Waals surface area contributed by atoms with Crippen molar-refractivity contribution in [2.24, 2.45) is 16.7 Å². The molecule has 4 rings (SSSR count). The molecule has 0 bridgehead atoms. The molecule has 3 aliphatic carbocycles. The molecular weight excluding hydrogens is 278 g/mol. The highest BCUT2D eigenvalue weighted by Gasteiger charge is 2.73. The summed E-state index contributed by atoms with van der Waals surface area (Å²) in [5, 5.41) is 15.4. The fourth-order valence-electron chi connectivity index (χ4n) is 6.61. The van der Waals surface area contributed by atoms with Gasteiger partial charge in [0.15, 0.2) is 0 Å². The molecule has 4 nitrogen and oxygen atoms in total. The lowest BCUT2D eigenvalue weighted by Crippen LogP contribution is -2.67. The minimum Gasteiger partial charge on any atom is -0.389 e. The second-order valence-corrected chi connectivity index (χ2v) is 7.98. The van der Waals surface area contributed by atoms with Gasteiger partial charge in [-0.15, -0.1) is 0 Å². The Morgan fingerprint density at radius 1 is 1.32 bits per heavy atom. The largest absolute Gasteiger partial charge is 0.389 e. The van der Waals surface area contributed by atoms with Crippen molar-refractivity contribution in [2.45, 2.75) is 63.2 Å². The van der Waals surface area contributed by atoms with Crippen LogP contribution >= 0.6 is 0 Å². The maximum Gasteiger partial charge on any atom is 0.146 e. The zero-order chi connectivity index (χ0) is 15.4. The summed E-state index contributed by atoms with van der Waals surface area (Å²) in [6.07, 6.45) is 10.7. The fraction of sp³-hybridized carbons (Fsp3) is 0.889. The van der Waals surface area contributed by atoms with Crippen LogP contribution in [0.1, 0.15) is 45.4 Å². The van der Waals surface area contributed by atoms with Gasteiger partial charge in [0.1, 0.15) is 6.79 Å². The Bertz CT molecular complexity index is 481. The molecule has 0 aromatic carbocycles. The van der Waals surface area contributed by atoms with E-state index in [4.69, 9.17) is 9.47 Å². The van der Waals surface area contributed by atoms with Gasteiger partial charge >= 0.3 is 0 Å². The van der Waals surface area contributed by atoms with Crippen molar-refractivity contribution in [1.82, 2.24) is 5.32 Å². The van der Waals surface area contributed by atoms with E-state index in [2.05, 4.69) is 24.4 Å². The number of methoxy groups -OCH3 is 1. The molecule has 0 amide bonds. The molecule has 1 heterocycles. The molecule has 3 fully saturated rings. The van der Waals surface area contributed by atoms with E-state index >= 15 is 0 Å². The molecule has 1 aliphatic heterocycles. The normalized spacial score (nSPS) is 53.1. The quantitative estimate of drug-likeness (QED) is 0.620. The zero-order valence-electron chi connectivity index (χ0n) is 13.8. The number of ether oxygens (including phenoxy) is 2. The third-order valence-electron chi connectivity index (χ3n) is 7.51. The molecule has 2 N–H and O–H groups in total. The average Bonchev–Trinajstić information content (AvgIpc) is 2.98. The van der Waals surface area contributed by atoms with Crippen LogP contribution in [0, 0.1) is 16.7 Å². The molecular formula is C18H29NO3. The lowest BCUT2D eigenvalue weighted by atomic mass is 9.46. The minimum atomic E-state index is -0.629. The van der Waals surface area contributed by atoms with E-state index in [0.29, 0.717) is 18.8 Å². The van der Waals surface area contributed by atoms with Gasteiger partial charge in [-0.25, -0.2) is 0 Å². The maximum atomic E-state index is 11.7. The first-order chi connectivity index (χ1) is 10.6. The van der Waals surface area contributed by atoms with Gasteiger partial charge in [0.05, 0.1) is 11.7 Å². The number of nitrogens with one attached hydrogen (secondary N) is 1. The first kappa shape index (κ1) is 15.1. The maximum absolute atomic E-state index is 11.7. The Morgan fingerprint density at radius 2 is 2.18 bits per heavy atom. The second kappa shape index (κ2) is 5.04. The first-order valence-corrected chi connectivity index (χ1v) is 8.81. The van der Waals surface area contributed by atoms with Crippen molar-refractivity contribution in [3.8, 4) is 0 Å². The van der Waals surface area contributed by atoms with Crippen LogP contribution in [0.5, 0.6) is 0 Å². The standard InChI is InChI=1S/C18H29NO3/c1-16-13-5-3-8-17(20)9-4-10-18(16,17)15(22-12-21-2)7-6-14(16)19-11-13/h3,5,13-15,19-20H,4,6-12H2,1-2H3/t13-,14-,15?,16-,17-,18+/m1/s1.